The Hall–Kier alpha value is -1.99. The van der Waals surface area contributed by atoms with Crippen LogP contribution in [-0.2, 0) is 4.79 Å². The summed E-state index contributed by atoms with van der Waals surface area (Å²) in [6.45, 7) is -0.304. The summed E-state index contributed by atoms with van der Waals surface area (Å²) in [5.74, 6) is -0.0206. The summed E-state index contributed by atoms with van der Waals surface area (Å²) in [7, 11) is 0. The molecule has 0 radical (unpaired) electrons. The SMILES string of the molecule is O=C(COc1ccc(Cl)cc1Cl)Nc1nnc(-c2cc(Cl)cc(Cl)c2)o1. The molecule has 0 saturated heterocycles. The van der Waals surface area contributed by atoms with Gasteiger partial charge in [0.25, 0.3) is 5.91 Å². The Morgan fingerprint density at radius 3 is 2.42 bits per heavy atom. The zero-order valence-corrected chi connectivity index (χ0v) is 15.8. The van der Waals surface area contributed by atoms with Crippen LogP contribution in [0.4, 0.5) is 6.01 Å². The van der Waals surface area contributed by atoms with Gasteiger partial charge in [0.1, 0.15) is 5.75 Å². The summed E-state index contributed by atoms with van der Waals surface area (Å²) in [5, 5.41) is 11.6. The van der Waals surface area contributed by atoms with Gasteiger partial charge in [0.15, 0.2) is 6.61 Å². The van der Waals surface area contributed by atoms with E-state index in [9.17, 15) is 4.79 Å². The van der Waals surface area contributed by atoms with Crippen molar-refractivity contribution >= 4 is 58.3 Å². The molecule has 0 fully saturated rings. The molecule has 0 aliphatic rings. The molecular weight excluding hydrogens is 424 g/mol. The van der Waals surface area contributed by atoms with E-state index in [2.05, 4.69) is 15.5 Å². The molecule has 0 aliphatic carbocycles. The lowest BCUT2D eigenvalue weighted by molar-refractivity contribution is -0.118. The lowest BCUT2D eigenvalue weighted by Crippen LogP contribution is -2.20. The highest BCUT2D eigenvalue weighted by Crippen LogP contribution is 2.28. The lowest BCUT2D eigenvalue weighted by atomic mass is 10.2. The summed E-state index contributed by atoms with van der Waals surface area (Å²) in [6, 6.07) is 9.37. The number of nitrogens with zero attached hydrogens (tertiary/aromatic N) is 2. The predicted octanol–water partition coefficient (Wildman–Crippen LogP) is 5.37. The Kier molecular flexibility index (Phi) is 5.88. The third kappa shape index (κ3) is 4.80. The molecule has 134 valence electrons. The van der Waals surface area contributed by atoms with Gasteiger partial charge >= 0.3 is 6.01 Å². The summed E-state index contributed by atoms with van der Waals surface area (Å²) in [6.07, 6.45) is 0. The van der Waals surface area contributed by atoms with Crippen molar-refractivity contribution < 1.29 is 13.9 Å². The van der Waals surface area contributed by atoms with Gasteiger partial charge in [-0.2, -0.15) is 0 Å². The minimum Gasteiger partial charge on any atom is -0.482 e. The lowest BCUT2D eigenvalue weighted by Gasteiger charge is -2.07. The third-order valence-electron chi connectivity index (χ3n) is 3.03. The van der Waals surface area contributed by atoms with Crippen molar-refractivity contribution in [2.24, 2.45) is 0 Å². The first-order valence-corrected chi connectivity index (χ1v) is 8.59. The van der Waals surface area contributed by atoms with E-state index >= 15 is 0 Å². The van der Waals surface area contributed by atoms with E-state index in [1.165, 1.54) is 6.07 Å². The van der Waals surface area contributed by atoms with Gasteiger partial charge in [0.05, 0.1) is 5.02 Å². The zero-order valence-electron chi connectivity index (χ0n) is 12.8. The number of hydrogen-bond donors (Lipinski definition) is 1. The van der Waals surface area contributed by atoms with Gasteiger partial charge in [-0.1, -0.05) is 51.5 Å². The maximum atomic E-state index is 11.9. The van der Waals surface area contributed by atoms with E-state index in [1.807, 2.05) is 0 Å². The monoisotopic (exact) mass is 431 g/mol. The number of anilines is 1. The number of carbonyl (C=O) groups excluding carboxylic acids is 1. The fourth-order valence-electron chi connectivity index (χ4n) is 1.96. The van der Waals surface area contributed by atoms with Crippen molar-refractivity contribution in [1.82, 2.24) is 10.2 Å². The number of halogens is 4. The quantitative estimate of drug-likeness (QED) is 0.586. The fraction of sp³-hybridized carbons (Fsp3) is 0.0625. The largest absolute Gasteiger partial charge is 0.482 e. The number of nitrogens with one attached hydrogen (secondary N) is 1. The second kappa shape index (κ2) is 8.14. The maximum Gasteiger partial charge on any atom is 0.322 e. The van der Waals surface area contributed by atoms with Crippen LogP contribution in [0.3, 0.4) is 0 Å². The number of rotatable bonds is 5. The van der Waals surface area contributed by atoms with Crippen molar-refractivity contribution in [2.45, 2.75) is 0 Å². The first-order valence-electron chi connectivity index (χ1n) is 7.08. The van der Waals surface area contributed by atoms with Crippen molar-refractivity contribution in [1.29, 1.82) is 0 Å². The standard InChI is InChI=1S/C16H9Cl4N3O3/c17-9-1-2-13(12(20)6-9)25-7-14(24)21-16-23-22-15(26-16)8-3-10(18)5-11(19)4-8/h1-6H,7H2,(H,21,23,24). The molecule has 0 unspecified atom stereocenters. The van der Waals surface area contributed by atoms with Gasteiger partial charge in [0.2, 0.25) is 5.89 Å². The predicted molar refractivity (Wildman–Crippen MR) is 100 cm³/mol. The smallest absolute Gasteiger partial charge is 0.322 e. The van der Waals surface area contributed by atoms with Crippen LogP contribution >= 0.6 is 46.4 Å². The third-order valence-corrected chi connectivity index (χ3v) is 4.00. The minimum atomic E-state index is -0.504. The van der Waals surface area contributed by atoms with E-state index in [-0.39, 0.29) is 18.5 Å². The van der Waals surface area contributed by atoms with E-state index < -0.39 is 5.91 Å². The van der Waals surface area contributed by atoms with Crippen molar-refractivity contribution in [2.75, 3.05) is 11.9 Å². The van der Waals surface area contributed by atoms with Crippen molar-refractivity contribution in [3.05, 3.63) is 56.5 Å². The molecule has 2 aromatic carbocycles. The minimum absolute atomic E-state index is 0.0908. The Bertz CT molecular complexity index is 941. The average molecular weight is 433 g/mol. The summed E-state index contributed by atoms with van der Waals surface area (Å²) < 4.78 is 10.7. The Labute approximate surface area is 168 Å². The highest BCUT2D eigenvalue weighted by molar-refractivity contribution is 6.35. The molecule has 6 nitrogen and oxygen atoms in total. The zero-order chi connectivity index (χ0) is 18.7. The molecule has 1 amide bonds. The number of ether oxygens (including phenoxy) is 1. The van der Waals surface area contributed by atoms with Crippen molar-refractivity contribution in [3.8, 4) is 17.2 Å². The van der Waals surface area contributed by atoms with Crippen LogP contribution in [0.2, 0.25) is 20.1 Å². The van der Waals surface area contributed by atoms with Crippen LogP contribution in [-0.4, -0.2) is 22.7 Å². The van der Waals surface area contributed by atoms with Crippen molar-refractivity contribution in [3.63, 3.8) is 0 Å². The molecule has 1 aromatic heterocycles. The van der Waals surface area contributed by atoms with E-state index in [0.29, 0.717) is 31.4 Å². The number of aromatic nitrogens is 2. The summed E-state index contributed by atoms with van der Waals surface area (Å²) >= 11 is 23.6. The van der Waals surface area contributed by atoms with Crippen LogP contribution in [0.25, 0.3) is 11.5 Å². The van der Waals surface area contributed by atoms with Gasteiger partial charge in [-0.15, -0.1) is 5.10 Å². The summed E-state index contributed by atoms with van der Waals surface area (Å²) in [5.41, 5.74) is 0.527. The van der Waals surface area contributed by atoms with Crippen LogP contribution in [0.1, 0.15) is 0 Å². The van der Waals surface area contributed by atoms with E-state index in [4.69, 9.17) is 55.6 Å². The Morgan fingerprint density at radius 1 is 1.00 bits per heavy atom. The van der Waals surface area contributed by atoms with E-state index in [0.717, 1.165) is 0 Å². The topological polar surface area (TPSA) is 77.2 Å². The van der Waals surface area contributed by atoms with Gasteiger partial charge in [0, 0.05) is 20.6 Å². The molecule has 10 heteroatoms. The van der Waals surface area contributed by atoms with Gasteiger partial charge in [-0.05, 0) is 36.4 Å². The number of amides is 1. The molecule has 1 N–H and O–H groups in total. The molecule has 1 heterocycles. The van der Waals surface area contributed by atoms with Gasteiger partial charge in [-0.25, -0.2) is 0 Å². The normalized spacial score (nSPS) is 10.6. The molecule has 3 aromatic rings. The molecule has 0 spiro atoms. The second-order valence-electron chi connectivity index (χ2n) is 4.98. The average Bonchev–Trinajstić information content (AvgIpc) is 3.01. The van der Waals surface area contributed by atoms with E-state index in [1.54, 1.807) is 30.3 Å². The van der Waals surface area contributed by atoms with Gasteiger partial charge < -0.3 is 9.15 Å². The van der Waals surface area contributed by atoms with Gasteiger partial charge in [-0.3, -0.25) is 10.1 Å². The highest BCUT2D eigenvalue weighted by Gasteiger charge is 2.13. The Balaban J connectivity index is 1.62. The molecule has 26 heavy (non-hydrogen) atoms. The molecular formula is C16H9Cl4N3O3. The summed E-state index contributed by atoms with van der Waals surface area (Å²) in [4.78, 5) is 11.9. The first kappa shape index (κ1) is 18.8. The second-order valence-corrected chi connectivity index (χ2v) is 6.70. The fourth-order valence-corrected chi connectivity index (χ4v) is 2.95. The maximum absolute atomic E-state index is 11.9. The molecule has 0 atom stereocenters. The van der Waals surface area contributed by atoms with Crippen LogP contribution in [0.15, 0.2) is 40.8 Å². The van der Waals surface area contributed by atoms with Crippen LogP contribution in [0.5, 0.6) is 5.75 Å². The number of hydrogen-bond acceptors (Lipinski definition) is 5. The first-order chi connectivity index (χ1) is 12.4. The number of benzene rings is 2. The Morgan fingerprint density at radius 2 is 1.73 bits per heavy atom. The molecule has 0 saturated carbocycles. The highest BCUT2D eigenvalue weighted by atomic mass is 35.5. The molecule has 0 bridgehead atoms. The van der Waals surface area contributed by atoms with Crippen LogP contribution < -0.4 is 10.1 Å². The molecule has 0 aliphatic heterocycles. The van der Waals surface area contributed by atoms with Crippen LogP contribution in [0, 0.1) is 0 Å². The number of carbonyl (C=O) groups is 1. The molecule has 3 rings (SSSR count).